The van der Waals surface area contributed by atoms with Crippen LogP contribution in [0.25, 0.3) is 11.3 Å². The van der Waals surface area contributed by atoms with E-state index in [2.05, 4.69) is 44.9 Å². The summed E-state index contributed by atoms with van der Waals surface area (Å²) in [6, 6.07) is 8.21. The third kappa shape index (κ3) is 2.50. The quantitative estimate of drug-likeness (QED) is 0.887. The molecule has 102 valence electrons. The minimum atomic E-state index is -0.136. The molecule has 0 aliphatic heterocycles. The summed E-state index contributed by atoms with van der Waals surface area (Å²) in [5.41, 5.74) is 3.58. The molecule has 2 aromatic rings. The SMILES string of the molecule is CCc1ccc(-c2nn(C(C)(C)C)c(C)c2O)cc1. The van der Waals surface area contributed by atoms with E-state index in [-0.39, 0.29) is 11.3 Å². The molecule has 0 unspecified atom stereocenters. The Kier molecular flexibility index (Phi) is 3.40. The molecule has 0 aliphatic carbocycles. The lowest BCUT2D eigenvalue weighted by Gasteiger charge is -2.20. The van der Waals surface area contributed by atoms with Crippen LogP contribution in [-0.4, -0.2) is 14.9 Å². The first kappa shape index (κ1) is 13.7. The van der Waals surface area contributed by atoms with Crippen LogP contribution < -0.4 is 0 Å². The third-order valence-electron chi connectivity index (χ3n) is 3.36. The molecular formula is C16H22N2O. The second-order valence-electron chi connectivity index (χ2n) is 5.92. The number of hydrogen-bond donors (Lipinski definition) is 1. The van der Waals surface area contributed by atoms with E-state index in [1.165, 1.54) is 5.56 Å². The molecule has 1 aromatic heterocycles. The second-order valence-corrected chi connectivity index (χ2v) is 5.92. The third-order valence-corrected chi connectivity index (χ3v) is 3.36. The van der Waals surface area contributed by atoms with Crippen molar-refractivity contribution in [1.29, 1.82) is 0 Å². The first-order chi connectivity index (χ1) is 8.84. The van der Waals surface area contributed by atoms with E-state index in [1.807, 2.05) is 23.7 Å². The molecule has 0 atom stereocenters. The summed E-state index contributed by atoms with van der Waals surface area (Å²) in [4.78, 5) is 0. The predicted octanol–water partition coefficient (Wildman–Crippen LogP) is 3.88. The standard InChI is InChI=1S/C16H22N2O/c1-6-12-7-9-13(10-8-12)14-15(19)11(2)18(17-14)16(3,4)5/h7-10,19H,6H2,1-5H3. The fourth-order valence-electron chi connectivity index (χ4n) is 2.24. The van der Waals surface area contributed by atoms with Gasteiger partial charge in [0, 0.05) is 5.56 Å². The van der Waals surface area contributed by atoms with E-state index in [0.29, 0.717) is 5.69 Å². The molecule has 1 N–H and O–H groups in total. The smallest absolute Gasteiger partial charge is 0.164 e. The average molecular weight is 258 g/mol. The number of aromatic nitrogens is 2. The Hall–Kier alpha value is -1.77. The maximum atomic E-state index is 10.3. The van der Waals surface area contributed by atoms with Crippen molar-refractivity contribution in [1.82, 2.24) is 9.78 Å². The molecule has 0 bridgehead atoms. The zero-order valence-corrected chi connectivity index (χ0v) is 12.4. The number of hydrogen-bond acceptors (Lipinski definition) is 2. The molecule has 0 aliphatic rings. The molecule has 0 saturated heterocycles. The molecule has 1 aromatic carbocycles. The summed E-state index contributed by atoms with van der Waals surface area (Å²) in [5.74, 6) is 0.277. The van der Waals surface area contributed by atoms with Gasteiger partial charge in [-0.1, -0.05) is 31.2 Å². The molecule has 19 heavy (non-hydrogen) atoms. The molecule has 0 spiro atoms. The van der Waals surface area contributed by atoms with Crippen molar-refractivity contribution in [2.75, 3.05) is 0 Å². The lowest BCUT2D eigenvalue weighted by Crippen LogP contribution is -2.24. The van der Waals surface area contributed by atoms with Gasteiger partial charge in [0.05, 0.1) is 11.2 Å². The van der Waals surface area contributed by atoms with Crippen molar-refractivity contribution < 1.29 is 5.11 Å². The molecule has 3 nitrogen and oxygen atoms in total. The first-order valence-corrected chi connectivity index (χ1v) is 6.73. The van der Waals surface area contributed by atoms with Crippen molar-refractivity contribution in [3.8, 4) is 17.0 Å². The number of benzene rings is 1. The summed E-state index contributed by atoms with van der Waals surface area (Å²) < 4.78 is 1.88. The van der Waals surface area contributed by atoms with E-state index >= 15 is 0 Å². The van der Waals surface area contributed by atoms with Crippen LogP contribution >= 0.6 is 0 Å². The molecule has 0 radical (unpaired) electrons. The summed E-state index contributed by atoms with van der Waals surface area (Å²) in [6.45, 7) is 10.3. The van der Waals surface area contributed by atoms with Crippen LogP contribution in [0.4, 0.5) is 0 Å². The van der Waals surface area contributed by atoms with Crippen molar-refractivity contribution in [2.45, 2.75) is 46.6 Å². The lowest BCUT2D eigenvalue weighted by atomic mass is 10.1. The van der Waals surface area contributed by atoms with Gasteiger partial charge in [-0.2, -0.15) is 5.10 Å². The summed E-state index contributed by atoms with van der Waals surface area (Å²) in [7, 11) is 0. The maximum Gasteiger partial charge on any atom is 0.164 e. The highest BCUT2D eigenvalue weighted by Crippen LogP contribution is 2.33. The maximum absolute atomic E-state index is 10.3. The predicted molar refractivity (Wildman–Crippen MR) is 78.4 cm³/mol. The van der Waals surface area contributed by atoms with Gasteiger partial charge in [0.2, 0.25) is 0 Å². The Labute approximate surface area is 114 Å². The average Bonchev–Trinajstić information content (AvgIpc) is 2.66. The van der Waals surface area contributed by atoms with Crippen LogP contribution in [0.2, 0.25) is 0 Å². The number of rotatable bonds is 2. The van der Waals surface area contributed by atoms with E-state index in [0.717, 1.165) is 17.7 Å². The van der Waals surface area contributed by atoms with Gasteiger partial charge in [-0.25, -0.2) is 0 Å². The van der Waals surface area contributed by atoms with Gasteiger partial charge in [0.25, 0.3) is 0 Å². The molecule has 0 fully saturated rings. The normalized spacial score (nSPS) is 11.8. The van der Waals surface area contributed by atoms with Gasteiger partial charge in [-0.15, -0.1) is 0 Å². The Morgan fingerprint density at radius 3 is 2.16 bits per heavy atom. The van der Waals surface area contributed by atoms with Crippen LogP contribution in [0, 0.1) is 6.92 Å². The summed E-state index contributed by atoms with van der Waals surface area (Å²) in [5, 5.41) is 14.9. The van der Waals surface area contributed by atoms with Gasteiger partial charge < -0.3 is 5.11 Å². The highest BCUT2D eigenvalue weighted by atomic mass is 16.3. The zero-order chi connectivity index (χ0) is 14.2. The number of aryl methyl sites for hydroxylation is 1. The van der Waals surface area contributed by atoms with Crippen LogP contribution in [0.1, 0.15) is 39.0 Å². The Morgan fingerprint density at radius 2 is 1.74 bits per heavy atom. The fourth-order valence-corrected chi connectivity index (χ4v) is 2.24. The molecule has 0 amide bonds. The Bertz CT molecular complexity index is 574. The zero-order valence-electron chi connectivity index (χ0n) is 12.4. The van der Waals surface area contributed by atoms with E-state index in [4.69, 9.17) is 0 Å². The highest BCUT2D eigenvalue weighted by Gasteiger charge is 2.22. The van der Waals surface area contributed by atoms with Crippen LogP contribution in [0.3, 0.4) is 0 Å². The summed E-state index contributed by atoms with van der Waals surface area (Å²) >= 11 is 0. The minimum Gasteiger partial charge on any atom is -0.504 e. The highest BCUT2D eigenvalue weighted by molar-refractivity contribution is 5.67. The fraction of sp³-hybridized carbons (Fsp3) is 0.438. The van der Waals surface area contributed by atoms with E-state index < -0.39 is 0 Å². The minimum absolute atomic E-state index is 0.136. The Morgan fingerprint density at radius 1 is 1.16 bits per heavy atom. The Balaban J connectivity index is 2.50. The molecule has 2 rings (SSSR count). The number of aromatic hydroxyl groups is 1. The van der Waals surface area contributed by atoms with Crippen LogP contribution in [0.5, 0.6) is 5.75 Å². The molecular weight excluding hydrogens is 236 g/mol. The molecule has 1 heterocycles. The van der Waals surface area contributed by atoms with Crippen molar-refractivity contribution in [3.63, 3.8) is 0 Å². The number of nitrogens with zero attached hydrogens (tertiary/aromatic N) is 2. The van der Waals surface area contributed by atoms with Crippen molar-refractivity contribution in [3.05, 3.63) is 35.5 Å². The topological polar surface area (TPSA) is 38.0 Å². The van der Waals surface area contributed by atoms with Crippen LogP contribution in [0.15, 0.2) is 24.3 Å². The van der Waals surface area contributed by atoms with Gasteiger partial charge in [0.15, 0.2) is 5.75 Å². The van der Waals surface area contributed by atoms with Crippen molar-refractivity contribution >= 4 is 0 Å². The largest absolute Gasteiger partial charge is 0.504 e. The lowest BCUT2D eigenvalue weighted by molar-refractivity contribution is 0.345. The van der Waals surface area contributed by atoms with Gasteiger partial charge >= 0.3 is 0 Å². The van der Waals surface area contributed by atoms with E-state index in [1.54, 1.807) is 0 Å². The van der Waals surface area contributed by atoms with Crippen molar-refractivity contribution in [2.24, 2.45) is 0 Å². The van der Waals surface area contributed by atoms with Gasteiger partial charge in [-0.3, -0.25) is 4.68 Å². The molecule has 0 saturated carbocycles. The monoisotopic (exact) mass is 258 g/mol. The van der Waals surface area contributed by atoms with E-state index in [9.17, 15) is 5.11 Å². The van der Waals surface area contributed by atoms with Gasteiger partial charge in [-0.05, 0) is 39.7 Å². The second kappa shape index (κ2) is 4.72. The van der Waals surface area contributed by atoms with Crippen LogP contribution in [-0.2, 0) is 12.0 Å². The molecule has 3 heteroatoms. The van der Waals surface area contributed by atoms with Gasteiger partial charge in [0.1, 0.15) is 5.69 Å². The first-order valence-electron chi connectivity index (χ1n) is 6.73. The summed E-state index contributed by atoms with van der Waals surface area (Å²) in [6.07, 6.45) is 1.02.